The lowest BCUT2D eigenvalue weighted by atomic mass is 9.78. The Hall–Kier alpha value is -0.530. The first-order valence-electron chi connectivity index (χ1n) is 8.46. The zero-order valence-corrected chi connectivity index (χ0v) is 12.8. The molecule has 0 aromatic rings. The van der Waals surface area contributed by atoms with Gasteiger partial charge in [-0.1, -0.05) is 58.8 Å². The minimum absolute atomic E-state index is 0.302. The highest BCUT2D eigenvalue weighted by molar-refractivity contribution is 5.76. The number of hydrogen-bond donors (Lipinski definition) is 1. The summed E-state index contributed by atoms with van der Waals surface area (Å²) in [6.45, 7) is 4.63. The van der Waals surface area contributed by atoms with Crippen LogP contribution in [0.3, 0.4) is 0 Å². The summed E-state index contributed by atoms with van der Waals surface area (Å²) in [4.78, 5) is 12.1. The molecule has 2 rings (SSSR count). The molecule has 1 amide bonds. The number of carbonyl (C=O) groups excluding carboxylic acids is 1. The summed E-state index contributed by atoms with van der Waals surface area (Å²) in [5, 5.41) is 3.30. The van der Waals surface area contributed by atoms with Crippen LogP contribution >= 0.6 is 0 Å². The van der Waals surface area contributed by atoms with Crippen LogP contribution in [0.4, 0.5) is 0 Å². The normalized spacial score (nSPS) is 33.1. The SMILES string of the molecule is C[C@@H]1[C@H](C)CCC[C@H]1NC(=O)CCC1CCCCC1. The van der Waals surface area contributed by atoms with Gasteiger partial charge in [-0.05, 0) is 30.6 Å². The monoisotopic (exact) mass is 265 g/mol. The highest BCUT2D eigenvalue weighted by atomic mass is 16.1. The minimum atomic E-state index is 0.302. The molecule has 0 aromatic carbocycles. The Kier molecular flexibility index (Phi) is 5.72. The van der Waals surface area contributed by atoms with E-state index in [1.165, 1.54) is 51.4 Å². The summed E-state index contributed by atoms with van der Waals surface area (Å²) < 4.78 is 0. The van der Waals surface area contributed by atoms with Gasteiger partial charge in [0.25, 0.3) is 0 Å². The van der Waals surface area contributed by atoms with Crippen LogP contribution in [0.1, 0.15) is 78.1 Å². The molecule has 2 aliphatic rings. The first kappa shape index (κ1) is 14.9. The molecule has 1 N–H and O–H groups in total. The number of rotatable bonds is 4. The summed E-state index contributed by atoms with van der Waals surface area (Å²) >= 11 is 0. The molecule has 0 aliphatic heterocycles. The van der Waals surface area contributed by atoms with Crippen molar-refractivity contribution in [3.8, 4) is 0 Å². The topological polar surface area (TPSA) is 29.1 Å². The third-order valence-electron chi connectivity index (χ3n) is 5.56. The van der Waals surface area contributed by atoms with Crippen LogP contribution in [0.2, 0.25) is 0 Å². The maximum atomic E-state index is 12.1. The Labute approximate surface area is 118 Å². The zero-order chi connectivity index (χ0) is 13.7. The summed E-state index contributed by atoms with van der Waals surface area (Å²) in [5.41, 5.74) is 0. The molecule has 2 aliphatic carbocycles. The minimum Gasteiger partial charge on any atom is -0.353 e. The van der Waals surface area contributed by atoms with Crippen LogP contribution in [0.15, 0.2) is 0 Å². The van der Waals surface area contributed by atoms with Crippen LogP contribution in [-0.4, -0.2) is 11.9 Å². The summed E-state index contributed by atoms with van der Waals surface area (Å²) in [6, 6.07) is 0.433. The van der Waals surface area contributed by atoms with Gasteiger partial charge in [-0.15, -0.1) is 0 Å². The van der Waals surface area contributed by atoms with Gasteiger partial charge in [-0.25, -0.2) is 0 Å². The predicted octanol–water partition coefficient (Wildman–Crippen LogP) is 4.29. The second kappa shape index (κ2) is 7.31. The third kappa shape index (κ3) is 4.50. The van der Waals surface area contributed by atoms with Crippen LogP contribution in [-0.2, 0) is 4.79 Å². The molecule has 2 nitrogen and oxygen atoms in total. The molecule has 0 radical (unpaired) electrons. The molecule has 0 saturated heterocycles. The van der Waals surface area contributed by atoms with Crippen molar-refractivity contribution in [2.24, 2.45) is 17.8 Å². The predicted molar refractivity (Wildman–Crippen MR) is 79.9 cm³/mol. The fraction of sp³-hybridized carbons (Fsp3) is 0.941. The lowest BCUT2D eigenvalue weighted by molar-refractivity contribution is -0.122. The van der Waals surface area contributed by atoms with Crippen molar-refractivity contribution >= 4 is 5.91 Å². The van der Waals surface area contributed by atoms with Crippen molar-refractivity contribution in [2.75, 3.05) is 0 Å². The summed E-state index contributed by atoms with van der Waals surface area (Å²) in [7, 11) is 0. The second-order valence-electron chi connectivity index (χ2n) is 6.98. The molecule has 3 atom stereocenters. The number of carbonyl (C=O) groups is 1. The van der Waals surface area contributed by atoms with Crippen molar-refractivity contribution in [2.45, 2.75) is 84.1 Å². The lowest BCUT2D eigenvalue weighted by Gasteiger charge is -2.34. The van der Waals surface area contributed by atoms with Gasteiger partial charge in [0.05, 0.1) is 0 Å². The van der Waals surface area contributed by atoms with Crippen molar-refractivity contribution in [1.29, 1.82) is 0 Å². The highest BCUT2D eigenvalue weighted by Crippen LogP contribution is 2.30. The van der Waals surface area contributed by atoms with Gasteiger partial charge in [0, 0.05) is 12.5 Å². The summed E-state index contributed by atoms with van der Waals surface area (Å²) in [6.07, 6.45) is 12.5. The van der Waals surface area contributed by atoms with Gasteiger partial charge in [-0.2, -0.15) is 0 Å². The molecule has 0 heterocycles. The molecule has 0 bridgehead atoms. The molecule has 0 aromatic heterocycles. The lowest BCUT2D eigenvalue weighted by Crippen LogP contribution is -2.43. The van der Waals surface area contributed by atoms with Crippen molar-refractivity contribution in [3.05, 3.63) is 0 Å². The van der Waals surface area contributed by atoms with Crippen molar-refractivity contribution < 1.29 is 4.79 Å². The van der Waals surface area contributed by atoms with E-state index in [1.54, 1.807) is 0 Å². The molecular weight excluding hydrogens is 234 g/mol. The van der Waals surface area contributed by atoms with Crippen LogP contribution in [0.25, 0.3) is 0 Å². The van der Waals surface area contributed by atoms with Gasteiger partial charge in [0.2, 0.25) is 5.91 Å². The van der Waals surface area contributed by atoms with E-state index in [2.05, 4.69) is 19.2 Å². The average molecular weight is 265 g/mol. The number of hydrogen-bond acceptors (Lipinski definition) is 1. The molecule has 110 valence electrons. The van der Waals surface area contributed by atoms with Gasteiger partial charge in [0.1, 0.15) is 0 Å². The maximum Gasteiger partial charge on any atom is 0.220 e. The Bertz CT molecular complexity index is 283. The Morgan fingerprint density at radius 3 is 2.47 bits per heavy atom. The van der Waals surface area contributed by atoms with E-state index in [-0.39, 0.29) is 0 Å². The zero-order valence-electron chi connectivity index (χ0n) is 12.8. The first-order valence-corrected chi connectivity index (χ1v) is 8.46. The van der Waals surface area contributed by atoms with Crippen molar-refractivity contribution in [3.63, 3.8) is 0 Å². The fourth-order valence-electron chi connectivity index (χ4n) is 3.88. The van der Waals surface area contributed by atoms with Gasteiger partial charge in [-0.3, -0.25) is 4.79 Å². The second-order valence-corrected chi connectivity index (χ2v) is 6.98. The van der Waals surface area contributed by atoms with Gasteiger partial charge < -0.3 is 5.32 Å². The first-order chi connectivity index (χ1) is 9.16. The van der Waals surface area contributed by atoms with Crippen LogP contribution in [0, 0.1) is 17.8 Å². The van der Waals surface area contributed by atoms with E-state index in [9.17, 15) is 4.79 Å². The largest absolute Gasteiger partial charge is 0.353 e. The Balaban J connectivity index is 1.68. The van der Waals surface area contributed by atoms with E-state index in [0.29, 0.717) is 17.9 Å². The third-order valence-corrected chi connectivity index (χ3v) is 5.56. The quantitative estimate of drug-likeness (QED) is 0.807. The van der Waals surface area contributed by atoms with E-state index in [0.717, 1.165) is 24.7 Å². The molecule has 19 heavy (non-hydrogen) atoms. The summed E-state index contributed by atoms with van der Waals surface area (Å²) in [5.74, 6) is 2.53. The van der Waals surface area contributed by atoms with Gasteiger partial charge >= 0.3 is 0 Å². The Morgan fingerprint density at radius 1 is 1.00 bits per heavy atom. The molecular formula is C17H31NO. The van der Waals surface area contributed by atoms with Gasteiger partial charge in [0.15, 0.2) is 0 Å². The Morgan fingerprint density at radius 2 is 1.74 bits per heavy atom. The fourth-order valence-corrected chi connectivity index (χ4v) is 3.88. The smallest absolute Gasteiger partial charge is 0.220 e. The number of amides is 1. The van der Waals surface area contributed by atoms with Crippen LogP contribution < -0.4 is 5.32 Å². The number of nitrogens with one attached hydrogen (secondary N) is 1. The van der Waals surface area contributed by atoms with E-state index >= 15 is 0 Å². The van der Waals surface area contributed by atoms with E-state index in [1.807, 2.05) is 0 Å². The maximum absolute atomic E-state index is 12.1. The average Bonchev–Trinajstić information content (AvgIpc) is 2.43. The molecule has 0 unspecified atom stereocenters. The molecule has 2 fully saturated rings. The molecule has 2 saturated carbocycles. The van der Waals surface area contributed by atoms with E-state index < -0.39 is 0 Å². The standard InChI is InChI=1S/C17H31NO/c1-13-7-6-10-16(14(13)2)18-17(19)12-11-15-8-4-3-5-9-15/h13-16H,3-12H2,1-2H3,(H,18,19)/t13-,14-,16-/m1/s1. The highest BCUT2D eigenvalue weighted by Gasteiger charge is 2.28. The van der Waals surface area contributed by atoms with Crippen molar-refractivity contribution in [1.82, 2.24) is 5.32 Å². The molecule has 2 heteroatoms. The van der Waals surface area contributed by atoms with E-state index in [4.69, 9.17) is 0 Å². The molecule has 0 spiro atoms. The van der Waals surface area contributed by atoms with Crippen LogP contribution in [0.5, 0.6) is 0 Å².